The van der Waals surface area contributed by atoms with Gasteiger partial charge >= 0.3 is 5.97 Å². The van der Waals surface area contributed by atoms with Crippen LogP contribution in [0.15, 0.2) is 24.3 Å². The van der Waals surface area contributed by atoms with Crippen molar-refractivity contribution in [3.63, 3.8) is 0 Å². The van der Waals surface area contributed by atoms with Gasteiger partial charge in [0.25, 0.3) is 5.91 Å². The van der Waals surface area contributed by atoms with Gasteiger partial charge in [-0.1, -0.05) is 43.5 Å². The Morgan fingerprint density at radius 2 is 1.83 bits per heavy atom. The first kappa shape index (κ1) is 17.5. The minimum Gasteiger partial charge on any atom is -0.479 e. The van der Waals surface area contributed by atoms with Crippen LogP contribution in [0.3, 0.4) is 0 Å². The van der Waals surface area contributed by atoms with Crippen LogP contribution < -0.4 is 5.32 Å². The van der Waals surface area contributed by atoms with E-state index in [2.05, 4.69) is 17.4 Å². The Balaban J connectivity index is 1.93. The Morgan fingerprint density at radius 3 is 2.35 bits per heavy atom. The Bertz CT molecular complexity index is 549. The number of amides is 1. The van der Waals surface area contributed by atoms with Crippen molar-refractivity contribution in [1.29, 1.82) is 0 Å². The minimum absolute atomic E-state index is 0.288. The van der Waals surface area contributed by atoms with E-state index in [9.17, 15) is 9.59 Å². The smallest absolute Gasteiger partial charge is 0.345 e. The number of hydrogen-bond acceptors (Lipinski definition) is 3. The first-order chi connectivity index (χ1) is 11.0. The molecular weight excluding hydrogens is 294 g/mol. The van der Waals surface area contributed by atoms with Gasteiger partial charge in [0.1, 0.15) is 0 Å². The highest BCUT2D eigenvalue weighted by Crippen LogP contribution is 2.32. The lowest BCUT2D eigenvalue weighted by atomic mass is 9.84. The fraction of sp³-hybridized carbons (Fsp3) is 0.556. The first-order valence-corrected chi connectivity index (χ1v) is 8.13. The van der Waals surface area contributed by atoms with Crippen molar-refractivity contribution in [2.75, 3.05) is 7.11 Å². The van der Waals surface area contributed by atoms with Crippen LogP contribution in [-0.2, 0) is 20.9 Å². The number of carbonyl (C=O) groups excluding carboxylic acids is 1. The van der Waals surface area contributed by atoms with Crippen LogP contribution >= 0.6 is 0 Å². The number of hydrogen-bond donors (Lipinski definition) is 2. The largest absolute Gasteiger partial charge is 0.479 e. The van der Waals surface area contributed by atoms with E-state index in [1.165, 1.54) is 51.7 Å². The summed E-state index contributed by atoms with van der Waals surface area (Å²) in [6, 6.07) is 8.22. The lowest BCUT2D eigenvalue weighted by molar-refractivity contribution is -0.167. The van der Waals surface area contributed by atoms with Gasteiger partial charge in [0.2, 0.25) is 5.60 Å². The molecule has 5 heteroatoms. The van der Waals surface area contributed by atoms with E-state index in [0.717, 1.165) is 5.56 Å². The molecule has 1 aliphatic carbocycles. The van der Waals surface area contributed by atoms with Gasteiger partial charge in [0.05, 0.1) is 0 Å². The predicted molar refractivity (Wildman–Crippen MR) is 87.2 cm³/mol. The highest BCUT2D eigenvalue weighted by Gasteiger charge is 2.41. The van der Waals surface area contributed by atoms with Gasteiger partial charge in [-0.25, -0.2) is 4.79 Å². The van der Waals surface area contributed by atoms with Gasteiger partial charge in [0, 0.05) is 13.7 Å². The van der Waals surface area contributed by atoms with Crippen molar-refractivity contribution in [1.82, 2.24) is 5.32 Å². The van der Waals surface area contributed by atoms with Crippen LogP contribution in [0.4, 0.5) is 0 Å². The Hall–Kier alpha value is -1.88. The Morgan fingerprint density at radius 1 is 1.22 bits per heavy atom. The van der Waals surface area contributed by atoms with Gasteiger partial charge in [-0.05, 0) is 36.8 Å². The summed E-state index contributed by atoms with van der Waals surface area (Å²) < 4.78 is 4.84. The van der Waals surface area contributed by atoms with Gasteiger partial charge < -0.3 is 15.2 Å². The van der Waals surface area contributed by atoms with Crippen LogP contribution in [0.25, 0.3) is 0 Å². The molecule has 1 saturated carbocycles. The summed E-state index contributed by atoms with van der Waals surface area (Å²) in [7, 11) is 1.21. The molecule has 0 bridgehead atoms. The molecule has 0 aromatic heterocycles. The highest BCUT2D eigenvalue weighted by molar-refractivity contribution is 6.04. The minimum atomic E-state index is -1.86. The fourth-order valence-corrected chi connectivity index (χ4v) is 2.97. The van der Waals surface area contributed by atoms with Crippen molar-refractivity contribution >= 4 is 11.9 Å². The van der Waals surface area contributed by atoms with E-state index in [1.807, 2.05) is 12.1 Å². The molecule has 0 spiro atoms. The summed E-state index contributed by atoms with van der Waals surface area (Å²) in [5, 5.41) is 11.7. The van der Waals surface area contributed by atoms with Crippen molar-refractivity contribution in [3.05, 3.63) is 35.4 Å². The number of carbonyl (C=O) groups is 2. The topological polar surface area (TPSA) is 75.6 Å². The number of nitrogens with one attached hydrogen (secondary N) is 1. The molecule has 1 aromatic rings. The second kappa shape index (κ2) is 7.59. The van der Waals surface area contributed by atoms with Crippen molar-refractivity contribution in [2.45, 2.75) is 57.1 Å². The standard InChI is InChI=1S/C18H25NO4/c1-18(23-2,17(21)22)16(20)19-12-13-8-10-15(11-9-13)14-6-4-3-5-7-14/h8-11,14H,3-7,12H2,1-2H3,(H,19,20)(H,21,22). The second-order valence-electron chi connectivity index (χ2n) is 6.30. The molecule has 1 amide bonds. The van der Waals surface area contributed by atoms with E-state index >= 15 is 0 Å². The summed E-state index contributed by atoms with van der Waals surface area (Å²) in [5.74, 6) is -1.30. The van der Waals surface area contributed by atoms with Crippen molar-refractivity contribution in [2.24, 2.45) is 0 Å². The zero-order chi connectivity index (χ0) is 16.9. The second-order valence-corrected chi connectivity index (χ2v) is 6.30. The number of rotatable bonds is 6. The number of ether oxygens (including phenoxy) is 1. The SMILES string of the molecule is COC(C)(C(=O)O)C(=O)NCc1ccc(C2CCCCC2)cc1. The number of aliphatic carboxylic acids is 1. The summed E-state index contributed by atoms with van der Waals surface area (Å²) in [6.45, 7) is 1.53. The summed E-state index contributed by atoms with van der Waals surface area (Å²) in [4.78, 5) is 23.1. The molecule has 1 unspecified atom stereocenters. The maximum Gasteiger partial charge on any atom is 0.345 e. The maximum atomic E-state index is 12.0. The third kappa shape index (κ3) is 4.10. The molecule has 1 atom stereocenters. The summed E-state index contributed by atoms with van der Waals surface area (Å²) >= 11 is 0. The maximum absolute atomic E-state index is 12.0. The number of carboxylic acids is 1. The van der Waals surface area contributed by atoms with E-state index in [-0.39, 0.29) is 6.54 Å². The third-order valence-electron chi connectivity index (χ3n) is 4.76. The zero-order valence-electron chi connectivity index (χ0n) is 13.8. The van der Waals surface area contributed by atoms with Crippen molar-refractivity contribution < 1.29 is 19.4 Å². The predicted octanol–water partition coefficient (Wildman–Crippen LogP) is 2.84. The highest BCUT2D eigenvalue weighted by atomic mass is 16.5. The Labute approximate surface area is 137 Å². The number of carboxylic acid groups (broad SMARTS) is 1. The molecule has 1 aromatic carbocycles. The molecule has 2 N–H and O–H groups in total. The first-order valence-electron chi connectivity index (χ1n) is 8.13. The zero-order valence-corrected chi connectivity index (χ0v) is 13.8. The fourth-order valence-electron chi connectivity index (χ4n) is 2.97. The van der Waals surface area contributed by atoms with E-state index in [0.29, 0.717) is 5.92 Å². The molecule has 1 fully saturated rings. The van der Waals surface area contributed by atoms with Crippen LogP contribution in [0.2, 0.25) is 0 Å². The monoisotopic (exact) mass is 319 g/mol. The molecule has 5 nitrogen and oxygen atoms in total. The summed E-state index contributed by atoms with van der Waals surface area (Å²) in [5.41, 5.74) is 0.441. The van der Waals surface area contributed by atoms with Crippen LogP contribution in [0.1, 0.15) is 56.1 Å². The van der Waals surface area contributed by atoms with Crippen LogP contribution in [0, 0.1) is 0 Å². The van der Waals surface area contributed by atoms with Crippen molar-refractivity contribution in [3.8, 4) is 0 Å². The molecule has 0 radical (unpaired) electrons. The molecule has 0 saturated heterocycles. The van der Waals surface area contributed by atoms with E-state index in [1.54, 1.807) is 0 Å². The normalized spacial score (nSPS) is 18.2. The van der Waals surface area contributed by atoms with Crippen LogP contribution in [0.5, 0.6) is 0 Å². The lowest BCUT2D eigenvalue weighted by Crippen LogP contribution is -2.51. The third-order valence-corrected chi connectivity index (χ3v) is 4.76. The molecule has 126 valence electrons. The molecule has 2 rings (SSSR count). The molecule has 1 aliphatic rings. The van der Waals surface area contributed by atoms with Gasteiger partial charge in [-0.3, -0.25) is 4.79 Å². The van der Waals surface area contributed by atoms with Gasteiger partial charge in [-0.2, -0.15) is 0 Å². The quantitative estimate of drug-likeness (QED) is 0.791. The number of methoxy groups -OCH3 is 1. The van der Waals surface area contributed by atoms with Gasteiger partial charge in [0.15, 0.2) is 0 Å². The molecule has 23 heavy (non-hydrogen) atoms. The molecule has 0 aliphatic heterocycles. The van der Waals surface area contributed by atoms with E-state index in [4.69, 9.17) is 9.84 Å². The average molecular weight is 319 g/mol. The van der Waals surface area contributed by atoms with E-state index < -0.39 is 17.5 Å². The summed E-state index contributed by atoms with van der Waals surface area (Å²) in [6.07, 6.45) is 6.44. The Kier molecular flexibility index (Phi) is 5.77. The number of benzene rings is 1. The van der Waals surface area contributed by atoms with Crippen LogP contribution in [-0.4, -0.2) is 29.7 Å². The lowest BCUT2D eigenvalue weighted by Gasteiger charge is -2.23. The van der Waals surface area contributed by atoms with Gasteiger partial charge in [-0.15, -0.1) is 0 Å². The molecular formula is C18H25NO4. The average Bonchev–Trinajstić information content (AvgIpc) is 2.59. The molecule has 0 heterocycles.